The molecule has 0 spiro atoms. The molecule has 0 aliphatic carbocycles. The highest BCUT2D eigenvalue weighted by Crippen LogP contribution is 2.26. The second-order valence-corrected chi connectivity index (χ2v) is 5.51. The molecule has 1 heterocycles. The van der Waals surface area contributed by atoms with E-state index in [4.69, 9.17) is 11.6 Å². The molecular formula is C17H21ClN2. The highest BCUT2D eigenvalue weighted by molar-refractivity contribution is 6.30. The molecule has 0 aliphatic rings. The van der Waals surface area contributed by atoms with Gasteiger partial charge in [0.2, 0.25) is 0 Å². The minimum atomic E-state index is 0.118. The molecule has 3 heteroatoms. The molecule has 1 atom stereocenters. The predicted octanol–water partition coefficient (Wildman–Crippen LogP) is 4.44. The van der Waals surface area contributed by atoms with E-state index in [2.05, 4.69) is 49.3 Å². The summed E-state index contributed by atoms with van der Waals surface area (Å²) in [6.07, 6.45) is 2.80. The fourth-order valence-corrected chi connectivity index (χ4v) is 2.42. The van der Waals surface area contributed by atoms with Gasteiger partial charge in [-0.2, -0.15) is 0 Å². The molecule has 0 bridgehead atoms. The van der Waals surface area contributed by atoms with Crippen molar-refractivity contribution >= 4 is 11.6 Å². The maximum absolute atomic E-state index is 5.94. The van der Waals surface area contributed by atoms with Crippen LogP contribution in [0.1, 0.15) is 41.8 Å². The minimum Gasteiger partial charge on any atom is -0.305 e. The van der Waals surface area contributed by atoms with Gasteiger partial charge in [0.25, 0.3) is 0 Å². The van der Waals surface area contributed by atoms with Crippen molar-refractivity contribution in [3.05, 3.63) is 63.9 Å². The first-order valence-corrected chi connectivity index (χ1v) is 7.42. The van der Waals surface area contributed by atoms with Crippen LogP contribution in [0.25, 0.3) is 0 Å². The zero-order chi connectivity index (χ0) is 14.5. The largest absolute Gasteiger partial charge is 0.305 e. The lowest BCUT2D eigenvalue weighted by Crippen LogP contribution is -2.25. The second-order valence-electron chi connectivity index (χ2n) is 5.08. The third-order valence-electron chi connectivity index (χ3n) is 3.60. The van der Waals surface area contributed by atoms with Gasteiger partial charge in [-0.3, -0.25) is 4.98 Å². The smallest absolute Gasteiger partial charge is 0.0754 e. The van der Waals surface area contributed by atoms with E-state index < -0.39 is 0 Å². The van der Waals surface area contributed by atoms with Gasteiger partial charge < -0.3 is 5.32 Å². The summed E-state index contributed by atoms with van der Waals surface area (Å²) in [6, 6.07) is 10.4. The Balaban J connectivity index is 2.41. The fourth-order valence-electron chi connectivity index (χ4n) is 2.31. The van der Waals surface area contributed by atoms with Crippen molar-refractivity contribution in [2.45, 2.75) is 33.2 Å². The molecule has 2 nitrogen and oxygen atoms in total. The summed E-state index contributed by atoms with van der Waals surface area (Å²) in [5.74, 6) is 0. The third-order valence-corrected chi connectivity index (χ3v) is 3.83. The topological polar surface area (TPSA) is 24.9 Å². The maximum Gasteiger partial charge on any atom is 0.0754 e. The Labute approximate surface area is 126 Å². The molecule has 2 rings (SSSR count). The van der Waals surface area contributed by atoms with E-state index in [1.165, 1.54) is 16.7 Å². The van der Waals surface area contributed by atoms with Crippen LogP contribution in [0.2, 0.25) is 5.02 Å². The van der Waals surface area contributed by atoms with Gasteiger partial charge in [0.1, 0.15) is 0 Å². The number of hydrogen-bond donors (Lipinski definition) is 1. The zero-order valence-corrected chi connectivity index (χ0v) is 13.0. The molecule has 106 valence electrons. The van der Waals surface area contributed by atoms with Crippen LogP contribution in [-0.2, 0) is 0 Å². The number of aromatic nitrogens is 1. The van der Waals surface area contributed by atoms with Crippen LogP contribution >= 0.6 is 11.6 Å². The summed E-state index contributed by atoms with van der Waals surface area (Å²) in [5.41, 5.74) is 4.92. The van der Waals surface area contributed by atoms with Gasteiger partial charge in [0.15, 0.2) is 0 Å². The average Bonchev–Trinajstić information content (AvgIpc) is 2.45. The molecule has 1 N–H and O–H groups in total. The van der Waals surface area contributed by atoms with Crippen molar-refractivity contribution in [1.82, 2.24) is 10.3 Å². The summed E-state index contributed by atoms with van der Waals surface area (Å²) >= 11 is 5.94. The highest BCUT2D eigenvalue weighted by atomic mass is 35.5. The van der Waals surface area contributed by atoms with Crippen molar-refractivity contribution in [3.63, 3.8) is 0 Å². The highest BCUT2D eigenvalue weighted by Gasteiger charge is 2.17. The van der Waals surface area contributed by atoms with E-state index in [1.807, 2.05) is 12.1 Å². The summed E-state index contributed by atoms with van der Waals surface area (Å²) in [5, 5.41) is 4.25. The molecule has 0 fully saturated rings. The molecule has 1 aromatic carbocycles. The maximum atomic E-state index is 5.94. The lowest BCUT2D eigenvalue weighted by atomic mass is 9.95. The Morgan fingerprint density at radius 1 is 1.20 bits per heavy atom. The minimum absolute atomic E-state index is 0.118. The number of pyridine rings is 1. The normalized spacial score (nSPS) is 12.4. The monoisotopic (exact) mass is 288 g/mol. The number of benzene rings is 1. The third kappa shape index (κ3) is 3.38. The van der Waals surface area contributed by atoms with Gasteiger partial charge in [0.05, 0.1) is 16.8 Å². The quantitative estimate of drug-likeness (QED) is 0.880. The van der Waals surface area contributed by atoms with Crippen LogP contribution in [-0.4, -0.2) is 11.5 Å². The molecule has 20 heavy (non-hydrogen) atoms. The molecule has 1 unspecified atom stereocenters. The van der Waals surface area contributed by atoms with Gasteiger partial charge in [-0.25, -0.2) is 0 Å². The van der Waals surface area contributed by atoms with Crippen molar-refractivity contribution < 1.29 is 0 Å². The first-order chi connectivity index (χ1) is 9.63. The zero-order valence-electron chi connectivity index (χ0n) is 12.3. The van der Waals surface area contributed by atoms with Crippen LogP contribution in [0, 0.1) is 13.8 Å². The summed E-state index contributed by atoms with van der Waals surface area (Å²) in [4.78, 5) is 4.48. The molecule has 0 saturated heterocycles. The Bertz CT molecular complexity index is 564. The van der Waals surface area contributed by atoms with Crippen LogP contribution in [0.15, 0.2) is 36.5 Å². The van der Waals surface area contributed by atoms with Crippen molar-refractivity contribution in [2.75, 3.05) is 6.54 Å². The predicted molar refractivity (Wildman–Crippen MR) is 85.3 cm³/mol. The fraction of sp³-hybridized carbons (Fsp3) is 0.353. The van der Waals surface area contributed by atoms with E-state index in [1.54, 1.807) is 6.20 Å². The molecule has 2 aromatic rings. The number of aryl methyl sites for hydroxylation is 1. The molecule has 1 aromatic heterocycles. The average molecular weight is 289 g/mol. The molecule has 0 saturated carbocycles. The van der Waals surface area contributed by atoms with Gasteiger partial charge in [-0.15, -0.1) is 0 Å². The molecule has 0 aliphatic heterocycles. The Morgan fingerprint density at radius 3 is 2.65 bits per heavy atom. The number of halogens is 1. The Kier molecular flexibility index (Phi) is 5.16. The molecule has 0 amide bonds. The van der Waals surface area contributed by atoms with Gasteiger partial charge in [0, 0.05) is 6.20 Å². The van der Waals surface area contributed by atoms with Gasteiger partial charge in [-0.1, -0.05) is 36.7 Å². The Hall–Kier alpha value is -1.38. The summed E-state index contributed by atoms with van der Waals surface area (Å²) in [6.45, 7) is 7.44. The van der Waals surface area contributed by atoms with E-state index in [-0.39, 0.29) is 6.04 Å². The van der Waals surface area contributed by atoms with Crippen LogP contribution in [0.4, 0.5) is 0 Å². The standard InChI is InChI=1S/C17H21ClN2/c1-4-10-19-17(16-9-8-14(18)11-20-16)15-7-5-6-12(2)13(15)3/h5-9,11,17,19H,4,10H2,1-3H3. The first kappa shape index (κ1) is 15.0. The first-order valence-electron chi connectivity index (χ1n) is 7.04. The van der Waals surface area contributed by atoms with E-state index in [0.717, 1.165) is 18.7 Å². The number of hydrogen-bond acceptors (Lipinski definition) is 2. The summed E-state index contributed by atoms with van der Waals surface area (Å²) in [7, 11) is 0. The van der Waals surface area contributed by atoms with Crippen molar-refractivity contribution in [1.29, 1.82) is 0 Å². The number of rotatable bonds is 5. The van der Waals surface area contributed by atoms with Crippen molar-refractivity contribution in [2.24, 2.45) is 0 Å². The van der Waals surface area contributed by atoms with Crippen LogP contribution in [0.5, 0.6) is 0 Å². The van der Waals surface area contributed by atoms with Crippen LogP contribution in [0.3, 0.4) is 0 Å². The van der Waals surface area contributed by atoms with Crippen molar-refractivity contribution in [3.8, 4) is 0 Å². The lowest BCUT2D eigenvalue weighted by molar-refractivity contribution is 0.584. The molecule has 0 radical (unpaired) electrons. The SMILES string of the molecule is CCCNC(c1ccc(Cl)cn1)c1cccc(C)c1C. The molecular weight excluding hydrogens is 268 g/mol. The summed E-state index contributed by atoms with van der Waals surface area (Å²) < 4.78 is 0. The second kappa shape index (κ2) is 6.87. The van der Waals surface area contributed by atoms with E-state index >= 15 is 0 Å². The van der Waals surface area contributed by atoms with Gasteiger partial charge >= 0.3 is 0 Å². The number of nitrogens with one attached hydrogen (secondary N) is 1. The van der Waals surface area contributed by atoms with Crippen LogP contribution < -0.4 is 5.32 Å². The van der Waals surface area contributed by atoms with E-state index in [9.17, 15) is 0 Å². The number of nitrogens with zero attached hydrogens (tertiary/aromatic N) is 1. The lowest BCUT2D eigenvalue weighted by Gasteiger charge is -2.21. The van der Waals surface area contributed by atoms with Gasteiger partial charge in [-0.05, 0) is 55.6 Å². The van der Waals surface area contributed by atoms with E-state index in [0.29, 0.717) is 5.02 Å². The Morgan fingerprint density at radius 2 is 2.00 bits per heavy atom.